The van der Waals surface area contributed by atoms with Crippen molar-refractivity contribution in [3.05, 3.63) is 29.8 Å². The molecule has 4 nitrogen and oxygen atoms in total. The molecule has 0 saturated heterocycles. The smallest absolute Gasteiger partial charge is 0.208 e. The van der Waals surface area contributed by atoms with Crippen molar-refractivity contribution in [3.63, 3.8) is 0 Å². The molecule has 0 radical (unpaired) electrons. The van der Waals surface area contributed by atoms with Crippen LogP contribution in [0.15, 0.2) is 29.2 Å². The van der Waals surface area contributed by atoms with Crippen LogP contribution in [0.5, 0.6) is 0 Å². The molecule has 3 atom stereocenters. The van der Waals surface area contributed by atoms with E-state index in [9.17, 15) is 8.42 Å². The predicted octanol–water partition coefficient (Wildman–Crippen LogP) is 2.86. The minimum Gasteiger partial charge on any atom is -0.208 e. The number of nitrogens with one attached hydrogen (secondary N) is 1. The summed E-state index contributed by atoms with van der Waals surface area (Å²) in [5, 5.41) is 8.64. The summed E-state index contributed by atoms with van der Waals surface area (Å²) < 4.78 is 27.7. The molecule has 1 aliphatic carbocycles. The van der Waals surface area contributed by atoms with E-state index in [1.165, 1.54) is 0 Å². The fourth-order valence-corrected chi connectivity index (χ4v) is 4.36. The molecule has 1 aromatic rings. The first-order valence-corrected chi connectivity index (χ1v) is 8.89. The zero-order valence-corrected chi connectivity index (χ0v) is 13.4. The Morgan fingerprint density at radius 2 is 1.90 bits per heavy atom. The lowest BCUT2D eigenvalue weighted by molar-refractivity contribution is 0.249. The lowest BCUT2D eigenvalue weighted by Crippen LogP contribution is -2.42. The van der Waals surface area contributed by atoms with Gasteiger partial charge in [-0.3, -0.25) is 0 Å². The van der Waals surface area contributed by atoms with E-state index < -0.39 is 10.0 Å². The highest BCUT2D eigenvalue weighted by Crippen LogP contribution is 2.29. The monoisotopic (exact) mass is 306 g/mol. The van der Waals surface area contributed by atoms with E-state index in [0.29, 0.717) is 18.3 Å². The van der Waals surface area contributed by atoms with E-state index in [1.807, 2.05) is 0 Å². The highest BCUT2D eigenvalue weighted by Gasteiger charge is 2.29. The van der Waals surface area contributed by atoms with Gasteiger partial charge in [0.15, 0.2) is 0 Å². The Hall–Kier alpha value is -1.38. The van der Waals surface area contributed by atoms with Crippen LogP contribution in [-0.4, -0.2) is 14.5 Å². The molecule has 0 heterocycles. The summed E-state index contributed by atoms with van der Waals surface area (Å²) >= 11 is 0. The summed E-state index contributed by atoms with van der Waals surface area (Å²) in [5.74, 6) is 1.03. The molecule has 0 aromatic heterocycles. The summed E-state index contributed by atoms with van der Waals surface area (Å²) in [6.07, 6.45) is 3.33. The largest absolute Gasteiger partial charge is 0.240 e. The number of benzene rings is 1. The van der Waals surface area contributed by atoms with Gasteiger partial charge in [0.1, 0.15) is 0 Å². The normalized spacial score (nSPS) is 26.2. The van der Waals surface area contributed by atoms with Crippen LogP contribution in [0.1, 0.15) is 38.7 Å². The van der Waals surface area contributed by atoms with Crippen molar-refractivity contribution in [1.82, 2.24) is 4.72 Å². The number of hydrogen-bond donors (Lipinski definition) is 1. The van der Waals surface area contributed by atoms with Gasteiger partial charge in [-0.05, 0) is 48.8 Å². The molecule has 1 aromatic carbocycles. The maximum atomic E-state index is 12.4. The number of hydrogen-bond acceptors (Lipinski definition) is 3. The summed E-state index contributed by atoms with van der Waals surface area (Å²) in [6, 6.07) is 8.62. The van der Waals surface area contributed by atoms with Crippen LogP contribution in [0.25, 0.3) is 0 Å². The van der Waals surface area contributed by atoms with Gasteiger partial charge >= 0.3 is 0 Å². The summed E-state index contributed by atoms with van der Waals surface area (Å²) in [4.78, 5) is 0.273. The van der Waals surface area contributed by atoms with Crippen LogP contribution in [0.2, 0.25) is 0 Å². The average molecular weight is 306 g/mol. The molecule has 3 unspecified atom stereocenters. The van der Waals surface area contributed by atoms with Crippen molar-refractivity contribution in [1.29, 1.82) is 5.26 Å². The van der Waals surface area contributed by atoms with E-state index in [0.717, 1.165) is 24.8 Å². The standard InChI is InChI=1S/C16H22N2O2S/c1-12-3-8-16(13(2)11-12)18-21(19,20)15-6-4-14(5-7-15)9-10-17/h4-7,12-13,16,18H,3,8-9,11H2,1-2H3. The maximum Gasteiger partial charge on any atom is 0.240 e. The Labute approximate surface area is 127 Å². The second-order valence-corrected chi connectivity index (χ2v) is 7.82. The third-order valence-electron chi connectivity index (χ3n) is 4.25. The van der Waals surface area contributed by atoms with E-state index in [2.05, 4.69) is 24.6 Å². The minimum absolute atomic E-state index is 0.0185. The number of nitrogens with zero attached hydrogens (tertiary/aromatic N) is 1. The van der Waals surface area contributed by atoms with E-state index in [4.69, 9.17) is 5.26 Å². The minimum atomic E-state index is -3.47. The van der Waals surface area contributed by atoms with Gasteiger partial charge < -0.3 is 0 Å². The third kappa shape index (κ3) is 4.05. The molecule has 0 aliphatic heterocycles. The lowest BCUT2D eigenvalue weighted by Gasteiger charge is -2.32. The van der Waals surface area contributed by atoms with Gasteiger partial charge in [-0.2, -0.15) is 5.26 Å². The summed E-state index contributed by atoms with van der Waals surface area (Å²) in [7, 11) is -3.47. The quantitative estimate of drug-likeness (QED) is 0.930. The molecule has 1 fully saturated rings. The van der Waals surface area contributed by atoms with Gasteiger partial charge in [0, 0.05) is 6.04 Å². The third-order valence-corrected chi connectivity index (χ3v) is 5.76. The van der Waals surface area contributed by atoms with Crippen LogP contribution in [-0.2, 0) is 16.4 Å². The Bertz CT molecular complexity index is 617. The summed E-state index contributed by atoms with van der Waals surface area (Å²) in [6.45, 7) is 4.33. The topological polar surface area (TPSA) is 70.0 Å². The van der Waals surface area contributed by atoms with Gasteiger partial charge in [0.25, 0.3) is 0 Å². The molecule has 0 bridgehead atoms. The number of sulfonamides is 1. The molecular formula is C16H22N2O2S. The first kappa shape index (κ1) is 16.0. The average Bonchev–Trinajstić information content (AvgIpc) is 2.43. The highest BCUT2D eigenvalue weighted by atomic mass is 32.2. The first-order chi connectivity index (χ1) is 9.92. The molecule has 1 aliphatic rings. The Morgan fingerprint density at radius 1 is 1.24 bits per heavy atom. The second-order valence-electron chi connectivity index (χ2n) is 6.10. The molecule has 114 valence electrons. The van der Waals surface area contributed by atoms with E-state index in [1.54, 1.807) is 24.3 Å². The SMILES string of the molecule is CC1CCC(NS(=O)(=O)c2ccc(CC#N)cc2)C(C)C1. The van der Waals surface area contributed by atoms with Crippen molar-refractivity contribution < 1.29 is 8.42 Å². The molecular weight excluding hydrogens is 284 g/mol. The van der Waals surface area contributed by atoms with Gasteiger partial charge in [0.05, 0.1) is 17.4 Å². The number of nitriles is 1. The number of rotatable bonds is 4. The lowest BCUT2D eigenvalue weighted by atomic mass is 9.80. The Kier molecular flexibility index (Phi) is 5.02. The molecule has 1 saturated carbocycles. The van der Waals surface area contributed by atoms with Gasteiger partial charge in [-0.15, -0.1) is 0 Å². The van der Waals surface area contributed by atoms with Gasteiger partial charge in [-0.25, -0.2) is 13.1 Å². The highest BCUT2D eigenvalue weighted by molar-refractivity contribution is 7.89. The molecule has 1 N–H and O–H groups in total. The molecule has 21 heavy (non-hydrogen) atoms. The molecule has 0 amide bonds. The fourth-order valence-electron chi connectivity index (χ4n) is 2.99. The zero-order valence-electron chi connectivity index (χ0n) is 12.5. The summed E-state index contributed by atoms with van der Waals surface area (Å²) in [5.41, 5.74) is 0.830. The zero-order chi connectivity index (χ0) is 15.5. The molecule has 2 rings (SSSR count). The second kappa shape index (κ2) is 6.59. The Morgan fingerprint density at radius 3 is 2.48 bits per heavy atom. The van der Waals surface area contributed by atoms with E-state index in [-0.39, 0.29) is 10.9 Å². The van der Waals surface area contributed by atoms with Gasteiger partial charge in [-0.1, -0.05) is 26.0 Å². The molecule has 0 spiro atoms. The maximum absolute atomic E-state index is 12.4. The van der Waals surface area contributed by atoms with Crippen molar-refractivity contribution in [2.24, 2.45) is 11.8 Å². The van der Waals surface area contributed by atoms with Crippen molar-refractivity contribution in [2.75, 3.05) is 0 Å². The van der Waals surface area contributed by atoms with Crippen molar-refractivity contribution in [2.45, 2.75) is 50.5 Å². The van der Waals surface area contributed by atoms with Crippen molar-refractivity contribution >= 4 is 10.0 Å². The van der Waals surface area contributed by atoms with Crippen LogP contribution < -0.4 is 4.72 Å². The van der Waals surface area contributed by atoms with Crippen molar-refractivity contribution in [3.8, 4) is 6.07 Å². The van der Waals surface area contributed by atoms with Crippen LogP contribution in [0, 0.1) is 23.2 Å². The Balaban J connectivity index is 2.09. The fraction of sp³-hybridized carbons (Fsp3) is 0.562. The first-order valence-electron chi connectivity index (χ1n) is 7.40. The van der Waals surface area contributed by atoms with Crippen LogP contribution in [0.3, 0.4) is 0 Å². The molecule has 5 heteroatoms. The van der Waals surface area contributed by atoms with E-state index >= 15 is 0 Å². The van der Waals surface area contributed by atoms with Gasteiger partial charge in [0.2, 0.25) is 10.0 Å². The predicted molar refractivity (Wildman–Crippen MR) is 82.0 cm³/mol. The van der Waals surface area contributed by atoms with Crippen LogP contribution in [0.4, 0.5) is 0 Å². The van der Waals surface area contributed by atoms with Crippen LogP contribution >= 0.6 is 0 Å².